The van der Waals surface area contributed by atoms with Gasteiger partial charge in [0.25, 0.3) is 0 Å². The van der Waals surface area contributed by atoms with Crippen LogP contribution in [0.2, 0.25) is 0 Å². The minimum absolute atomic E-state index is 0.474. The molecular formula is C13H24O. The van der Waals surface area contributed by atoms with Crippen molar-refractivity contribution in [2.75, 3.05) is 0 Å². The quantitative estimate of drug-likeness (QED) is 0.591. The van der Waals surface area contributed by atoms with Crippen molar-refractivity contribution < 1.29 is 4.74 Å². The first-order valence-electron chi connectivity index (χ1n) is 6.17. The molecule has 82 valence electrons. The number of hydrogen-bond acceptors (Lipinski definition) is 1. The number of rotatable bonds is 5. The van der Waals surface area contributed by atoms with E-state index in [1.54, 1.807) is 0 Å². The number of ether oxygens (including phenoxy) is 1. The summed E-state index contributed by atoms with van der Waals surface area (Å²) in [7, 11) is 0. The number of allylic oxidation sites excluding steroid dienone is 1. The first-order valence-corrected chi connectivity index (χ1v) is 6.17. The van der Waals surface area contributed by atoms with Crippen LogP contribution in [-0.2, 0) is 4.74 Å². The zero-order valence-corrected chi connectivity index (χ0v) is 9.56. The summed E-state index contributed by atoms with van der Waals surface area (Å²) in [5.74, 6) is 1.02. The normalized spacial score (nSPS) is 22.9. The van der Waals surface area contributed by atoms with Gasteiger partial charge in [0.2, 0.25) is 0 Å². The second kappa shape index (κ2) is 6.92. The fourth-order valence-corrected chi connectivity index (χ4v) is 2.05. The molecule has 0 aliphatic carbocycles. The molecule has 1 aliphatic heterocycles. The molecule has 0 aromatic rings. The van der Waals surface area contributed by atoms with Gasteiger partial charge >= 0.3 is 0 Å². The smallest absolute Gasteiger partial charge is 0.0982 e. The van der Waals surface area contributed by atoms with E-state index >= 15 is 0 Å². The van der Waals surface area contributed by atoms with E-state index in [0.29, 0.717) is 6.10 Å². The Morgan fingerprint density at radius 3 is 2.93 bits per heavy atom. The van der Waals surface area contributed by atoms with Crippen LogP contribution in [0, 0.1) is 0 Å². The predicted octanol–water partition coefficient (Wildman–Crippen LogP) is 4.43. The summed E-state index contributed by atoms with van der Waals surface area (Å²) in [6, 6.07) is 0. The van der Waals surface area contributed by atoms with Gasteiger partial charge in [-0.2, -0.15) is 0 Å². The van der Waals surface area contributed by atoms with E-state index in [1.807, 2.05) is 0 Å². The van der Waals surface area contributed by atoms with Crippen molar-refractivity contribution in [3.63, 3.8) is 0 Å². The maximum absolute atomic E-state index is 5.80. The molecule has 0 saturated carbocycles. The Bertz CT molecular complexity index is 163. The fraction of sp³-hybridized carbons (Fsp3) is 0.846. The minimum Gasteiger partial charge on any atom is -0.495 e. The molecule has 1 aliphatic rings. The predicted molar refractivity (Wildman–Crippen MR) is 61.2 cm³/mol. The molecule has 0 aromatic heterocycles. The van der Waals surface area contributed by atoms with Gasteiger partial charge in [0, 0.05) is 6.42 Å². The summed E-state index contributed by atoms with van der Waals surface area (Å²) in [6.07, 6.45) is 12.0. The van der Waals surface area contributed by atoms with Crippen LogP contribution in [0.25, 0.3) is 0 Å². The van der Waals surface area contributed by atoms with Gasteiger partial charge in [0.15, 0.2) is 0 Å². The van der Waals surface area contributed by atoms with Crippen molar-refractivity contribution in [2.24, 2.45) is 0 Å². The molecule has 1 heteroatoms. The number of hydrogen-bond donors (Lipinski definition) is 0. The van der Waals surface area contributed by atoms with E-state index in [9.17, 15) is 0 Å². The summed E-state index contributed by atoms with van der Waals surface area (Å²) < 4.78 is 5.80. The molecule has 0 bridgehead atoms. The van der Waals surface area contributed by atoms with E-state index in [-0.39, 0.29) is 0 Å². The second-order valence-corrected chi connectivity index (χ2v) is 4.37. The standard InChI is InChI=1S/C13H24O/c1-3-4-5-6-10-13-11-8-7-9-12(2)14-13/h13H,2-11H2,1H3/t13-/m0/s1. The highest BCUT2D eigenvalue weighted by atomic mass is 16.5. The van der Waals surface area contributed by atoms with Crippen LogP contribution in [0.5, 0.6) is 0 Å². The first kappa shape index (κ1) is 11.6. The van der Waals surface area contributed by atoms with Gasteiger partial charge < -0.3 is 4.74 Å². The summed E-state index contributed by atoms with van der Waals surface area (Å²) in [4.78, 5) is 0. The zero-order chi connectivity index (χ0) is 10.2. The summed E-state index contributed by atoms with van der Waals surface area (Å²) in [5.41, 5.74) is 0. The molecular weight excluding hydrogens is 172 g/mol. The molecule has 0 amide bonds. The molecule has 0 radical (unpaired) electrons. The topological polar surface area (TPSA) is 9.23 Å². The Morgan fingerprint density at radius 2 is 2.14 bits per heavy atom. The Kier molecular flexibility index (Phi) is 5.74. The summed E-state index contributed by atoms with van der Waals surface area (Å²) in [6.45, 7) is 6.20. The molecule has 0 spiro atoms. The monoisotopic (exact) mass is 196 g/mol. The molecule has 0 unspecified atom stereocenters. The zero-order valence-electron chi connectivity index (χ0n) is 9.56. The highest BCUT2D eigenvalue weighted by Gasteiger charge is 2.14. The van der Waals surface area contributed by atoms with Gasteiger partial charge in [-0.1, -0.05) is 32.8 Å². The van der Waals surface area contributed by atoms with Crippen LogP contribution >= 0.6 is 0 Å². The van der Waals surface area contributed by atoms with Gasteiger partial charge in [-0.25, -0.2) is 0 Å². The molecule has 14 heavy (non-hydrogen) atoms. The molecule has 1 heterocycles. The molecule has 0 N–H and O–H groups in total. The van der Waals surface area contributed by atoms with Crippen LogP contribution in [-0.4, -0.2) is 6.10 Å². The van der Waals surface area contributed by atoms with Crippen molar-refractivity contribution in [3.8, 4) is 0 Å². The Balaban J connectivity index is 2.12. The third-order valence-electron chi connectivity index (χ3n) is 2.94. The van der Waals surface area contributed by atoms with E-state index in [1.165, 1.54) is 51.4 Å². The van der Waals surface area contributed by atoms with Gasteiger partial charge in [0.1, 0.15) is 0 Å². The van der Waals surface area contributed by atoms with E-state index in [0.717, 1.165) is 12.2 Å². The third-order valence-corrected chi connectivity index (χ3v) is 2.94. The van der Waals surface area contributed by atoms with Crippen molar-refractivity contribution in [2.45, 2.75) is 70.8 Å². The van der Waals surface area contributed by atoms with Gasteiger partial charge in [-0.3, -0.25) is 0 Å². The van der Waals surface area contributed by atoms with Crippen LogP contribution in [0.1, 0.15) is 64.7 Å². The fourth-order valence-electron chi connectivity index (χ4n) is 2.05. The molecule has 1 saturated heterocycles. The van der Waals surface area contributed by atoms with Crippen molar-refractivity contribution >= 4 is 0 Å². The SMILES string of the molecule is C=C1CCCC[C@H](CCCCCC)O1. The van der Waals surface area contributed by atoms with Crippen molar-refractivity contribution in [1.82, 2.24) is 0 Å². The Morgan fingerprint density at radius 1 is 1.29 bits per heavy atom. The molecule has 0 aromatic carbocycles. The van der Waals surface area contributed by atoms with E-state index in [4.69, 9.17) is 4.74 Å². The third kappa shape index (κ3) is 4.69. The van der Waals surface area contributed by atoms with Gasteiger partial charge in [0.05, 0.1) is 11.9 Å². The number of unbranched alkanes of at least 4 members (excludes halogenated alkanes) is 3. The lowest BCUT2D eigenvalue weighted by Gasteiger charge is -2.16. The van der Waals surface area contributed by atoms with E-state index in [2.05, 4.69) is 13.5 Å². The Hall–Kier alpha value is -0.460. The van der Waals surface area contributed by atoms with Crippen molar-refractivity contribution in [1.29, 1.82) is 0 Å². The minimum atomic E-state index is 0.474. The van der Waals surface area contributed by atoms with Crippen LogP contribution in [0.15, 0.2) is 12.3 Å². The lowest BCUT2D eigenvalue weighted by Crippen LogP contribution is -2.09. The first-order chi connectivity index (χ1) is 6.83. The van der Waals surface area contributed by atoms with Crippen LogP contribution in [0.3, 0.4) is 0 Å². The highest BCUT2D eigenvalue weighted by Crippen LogP contribution is 2.23. The molecule has 1 atom stereocenters. The maximum Gasteiger partial charge on any atom is 0.0982 e. The summed E-state index contributed by atoms with van der Waals surface area (Å²) >= 11 is 0. The largest absolute Gasteiger partial charge is 0.495 e. The molecule has 1 rings (SSSR count). The van der Waals surface area contributed by atoms with Gasteiger partial charge in [-0.15, -0.1) is 0 Å². The van der Waals surface area contributed by atoms with Gasteiger partial charge in [-0.05, 0) is 32.1 Å². The van der Waals surface area contributed by atoms with Crippen LogP contribution < -0.4 is 0 Å². The highest BCUT2D eigenvalue weighted by molar-refractivity contribution is 4.86. The lowest BCUT2D eigenvalue weighted by molar-refractivity contribution is 0.104. The van der Waals surface area contributed by atoms with E-state index < -0.39 is 0 Å². The lowest BCUT2D eigenvalue weighted by atomic mass is 10.0. The maximum atomic E-state index is 5.80. The van der Waals surface area contributed by atoms with Crippen molar-refractivity contribution in [3.05, 3.63) is 12.3 Å². The average Bonchev–Trinajstić information content (AvgIpc) is 2.38. The molecule has 1 fully saturated rings. The van der Waals surface area contributed by atoms with Crippen LogP contribution in [0.4, 0.5) is 0 Å². The summed E-state index contributed by atoms with van der Waals surface area (Å²) in [5, 5.41) is 0. The second-order valence-electron chi connectivity index (χ2n) is 4.37. The molecule has 1 nitrogen and oxygen atoms in total. The Labute approximate surface area is 88.5 Å². The average molecular weight is 196 g/mol.